The molecule has 7 heteroatoms. The van der Waals surface area contributed by atoms with Gasteiger partial charge in [-0.25, -0.2) is 9.59 Å². The van der Waals surface area contributed by atoms with Gasteiger partial charge < -0.3 is 25.4 Å². The maximum atomic E-state index is 12.9. The first-order valence-corrected chi connectivity index (χ1v) is 10.00. The molecule has 2 aromatic carbocycles. The average molecular weight is 409 g/mol. The molecular formula is C23H27N3O4. The summed E-state index contributed by atoms with van der Waals surface area (Å²) in [4.78, 5) is 27.3. The minimum absolute atomic E-state index is 0.223. The lowest BCUT2D eigenvalue weighted by atomic mass is 9.95. The summed E-state index contributed by atoms with van der Waals surface area (Å²) in [6.45, 7) is 4.24. The first-order valence-electron chi connectivity index (χ1n) is 10.00. The van der Waals surface area contributed by atoms with E-state index in [1.165, 1.54) is 0 Å². The average Bonchev–Trinajstić information content (AvgIpc) is 2.74. The number of ether oxygens (including phenoxy) is 1. The van der Waals surface area contributed by atoms with Gasteiger partial charge in [-0.3, -0.25) is 0 Å². The number of benzene rings is 2. The maximum absolute atomic E-state index is 12.9. The molecule has 0 aromatic heterocycles. The summed E-state index contributed by atoms with van der Waals surface area (Å²) in [6, 6.07) is 17.8. The van der Waals surface area contributed by atoms with Crippen LogP contribution >= 0.6 is 0 Å². The van der Waals surface area contributed by atoms with Crippen molar-refractivity contribution in [1.29, 1.82) is 0 Å². The zero-order valence-corrected chi connectivity index (χ0v) is 17.2. The van der Waals surface area contributed by atoms with E-state index in [-0.39, 0.29) is 13.2 Å². The van der Waals surface area contributed by atoms with Crippen molar-refractivity contribution < 1.29 is 19.4 Å². The molecule has 158 valence electrons. The lowest BCUT2D eigenvalue weighted by molar-refractivity contribution is -0.139. The number of esters is 1. The molecule has 0 fully saturated rings. The van der Waals surface area contributed by atoms with Crippen LogP contribution in [0.25, 0.3) is 0 Å². The highest BCUT2D eigenvalue weighted by Crippen LogP contribution is 2.29. The predicted octanol–water partition coefficient (Wildman–Crippen LogP) is 2.75. The summed E-state index contributed by atoms with van der Waals surface area (Å²) in [6.07, 6.45) is -0.598. The van der Waals surface area contributed by atoms with Gasteiger partial charge >= 0.3 is 12.0 Å². The number of urea groups is 1. The van der Waals surface area contributed by atoms with Gasteiger partial charge in [0.2, 0.25) is 0 Å². The van der Waals surface area contributed by atoms with Gasteiger partial charge in [0.15, 0.2) is 0 Å². The van der Waals surface area contributed by atoms with Crippen molar-refractivity contribution in [3.63, 3.8) is 0 Å². The lowest BCUT2D eigenvalue weighted by Crippen LogP contribution is -2.49. The number of carbonyl (C=O) groups excluding carboxylic acids is 2. The van der Waals surface area contributed by atoms with Crippen LogP contribution in [0.1, 0.15) is 25.5 Å². The van der Waals surface area contributed by atoms with Crippen LogP contribution < -0.4 is 15.5 Å². The highest BCUT2D eigenvalue weighted by molar-refractivity contribution is 5.95. The Morgan fingerprint density at radius 3 is 2.37 bits per heavy atom. The minimum atomic E-state index is -0.627. The van der Waals surface area contributed by atoms with Crippen molar-refractivity contribution in [2.24, 2.45) is 0 Å². The molecule has 7 nitrogen and oxygen atoms in total. The number of nitrogens with one attached hydrogen (secondary N) is 2. The second-order valence-electron chi connectivity index (χ2n) is 7.12. The van der Waals surface area contributed by atoms with E-state index in [4.69, 9.17) is 4.74 Å². The number of aliphatic hydroxyl groups is 1. The van der Waals surface area contributed by atoms with E-state index in [1.807, 2.05) is 65.6 Å². The van der Waals surface area contributed by atoms with Crippen LogP contribution in [0.15, 0.2) is 71.9 Å². The number of rotatable bonds is 8. The monoisotopic (exact) mass is 409 g/mol. The molecule has 1 heterocycles. The molecule has 0 bridgehead atoms. The Labute approximate surface area is 176 Å². The molecule has 2 amide bonds. The predicted molar refractivity (Wildman–Crippen MR) is 115 cm³/mol. The van der Waals surface area contributed by atoms with Gasteiger partial charge in [0.05, 0.1) is 36.6 Å². The van der Waals surface area contributed by atoms with Crippen molar-refractivity contribution in [3.8, 4) is 0 Å². The van der Waals surface area contributed by atoms with E-state index in [2.05, 4.69) is 10.6 Å². The summed E-state index contributed by atoms with van der Waals surface area (Å²) in [7, 11) is 0. The first kappa shape index (κ1) is 21.4. The third kappa shape index (κ3) is 5.18. The molecule has 1 aliphatic heterocycles. The summed E-state index contributed by atoms with van der Waals surface area (Å²) >= 11 is 0. The second kappa shape index (κ2) is 9.93. The Hall–Kier alpha value is -3.32. The third-order valence-electron chi connectivity index (χ3n) is 4.74. The van der Waals surface area contributed by atoms with Crippen LogP contribution in [0.5, 0.6) is 0 Å². The SMILES string of the molecule is CCOC(=O)C1=C(CN(CC(C)O)c2ccccc2)NC(=O)NC1c1ccccc1. The molecule has 3 rings (SSSR count). The van der Waals surface area contributed by atoms with Gasteiger partial charge in [0.1, 0.15) is 0 Å². The van der Waals surface area contributed by atoms with Gasteiger partial charge in [0, 0.05) is 12.2 Å². The Morgan fingerprint density at radius 2 is 1.77 bits per heavy atom. The summed E-state index contributed by atoms with van der Waals surface area (Å²) in [5, 5.41) is 15.6. The van der Waals surface area contributed by atoms with Crippen molar-refractivity contribution in [2.75, 3.05) is 24.6 Å². The molecule has 0 saturated heterocycles. The molecule has 0 aliphatic carbocycles. The minimum Gasteiger partial charge on any atom is -0.463 e. The number of aliphatic hydroxyl groups excluding tert-OH is 1. The largest absolute Gasteiger partial charge is 0.463 e. The van der Waals surface area contributed by atoms with Crippen LogP contribution in [-0.4, -0.2) is 42.9 Å². The molecule has 0 spiro atoms. The third-order valence-corrected chi connectivity index (χ3v) is 4.74. The standard InChI is InChI=1S/C23H27N3O4/c1-3-30-22(28)20-19(15-26(14-16(2)27)18-12-8-5-9-13-18)24-23(29)25-21(20)17-10-6-4-7-11-17/h4-13,16,21,27H,3,14-15H2,1-2H3,(H2,24,25,29). The van der Waals surface area contributed by atoms with Crippen molar-refractivity contribution in [3.05, 3.63) is 77.5 Å². The molecule has 3 N–H and O–H groups in total. The Kier molecular flexibility index (Phi) is 7.08. The van der Waals surface area contributed by atoms with Gasteiger partial charge in [-0.1, -0.05) is 48.5 Å². The quantitative estimate of drug-likeness (QED) is 0.583. The molecule has 2 aromatic rings. The van der Waals surface area contributed by atoms with E-state index in [9.17, 15) is 14.7 Å². The number of amides is 2. The van der Waals surface area contributed by atoms with Gasteiger partial charge in [-0.15, -0.1) is 0 Å². The number of hydrogen-bond donors (Lipinski definition) is 3. The highest BCUT2D eigenvalue weighted by atomic mass is 16.5. The fourth-order valence-corrected chi connectivity index (χ4v) is 3.50. The Morgan fingerprint density at radius 1 is 1.13 bits per heavy atom. The number of nitrogens with zero attached hydrogens (tertiary/aromatic N) is 1. The summed E-state index contributed by atoms with van der Waals surface area (Å²) in [5.74, 6) is -0.487. The Bertz CT molecular complexity index is 897. The highest BCUT2D eigenvalue weighted by Gasteiger charge is 2.34. The number of para-hydroxylation sites is 1. The van der Waals surface area contributed by atoms with Crippen LogP contribution in [0, 0.1) is 0 Å². The number of hydrogen-bond acceptors (Lipinski definition) is 5. The number of carbonyl (C=O) groups is 2. The van der Waals surface area contributed by atoms with Crippen LogP contribution in [0.4, 0.5) is 10.5 Å². The fourth-order valence-electron chi connectivity index (χ4n) is 3.50. The Balaban J connectivity index is 2.05. The molecular weight excluding hydrogens is 382 g/mol. The fraction of sp³-hybridized carbons (Fsp3) is 0.304. The smallest absolute Gasteiger partial charge is 0.338 e. The van der Waals surface area contributed by atoms with Crippen LogP contribution in [-0.2, 0) is 9.53 Å². The van der Waals surface area contributed by atoms with E-state index in [0.717, 1.165) is 11.3 Å². The molecule has 0 radical (unpaired) electrons. The zero-order valence-electron chi connectivity index (χ0n) is 17.2. The van der Waals surface area contributed by atoms with Gasteiger partial charge in [0.25, 0.3) is 0 Å². The summed E-state index contributed by atoms with van der Waals surface area (Å²) < 4.78 is 5.31. The normalized spacial score (nSPS) is 17.0. The molecule has 0 saturated carbocycles. The molecule has 1 aliphatic rings. The first-order chi connectivity index (χ1) is 14.5. The maximum Gasteiger partial charge on any atom is 0.338 e. The lowest BCUT2D eigenvalue weighted by Gasteiger charge is -2.33. The van der Waals surface area contributed by atoms with Gasteiger partial charge in [-0.2, -0.15) is 0 Å². The van der Waals surface area contributed by atoms with Crippen molar-refractivity contribution in [2.45, 2.75) is 26.0 Å². The van der Waals surface area contributed by atoms with E-state index in [1.54, 1.807) is 13.8 Å². The molecule has 30 heavy (non-hydrogen) atoms. The van der Waals surface area contributed by atoms with Crippen LogP contribution in [0.2, 0.25) is 0 Å². The van der Waals surface area contributed by atoms with Crippen molar-refractivity contribution in [1.82, 2.24) is 10.6 Å². The summed E-state index contributed by atoms with van der Waals surface area (Å²) in [5.41, 5.74) is 2.47. The molecule has 2 unspecified atom stereocenters. The second-order valence-corrected chi connectivity index (χ2v) is 7.12. The zero-order chi connectivity index (χ0) is 21.5. The number of anilines is 1. The van der Waals surface area contributed by atoms with E-state index < -0.39 is 24.1 Å². The van der Waals surface area contributed by atoms with E-state index >= 15 is 0 Å². The van der Waals surface area contributed by atoms with Gasteiger partial charge in [-0.05, 0) is 31.5 Å². The van der Waals surface area contributed by atoms with Crippen LogP contribution in [0.3, 0.4) is 0 Å². The van der Waals surface area contributed by atoms with E-state index in [0.29, 0.717) is 17.8 Å². The van der Waals surface area contributed by atoms with Crippen molar-refractivity contribution >= 4 is 17.7 Å². The topological polar surface area (TPSA) is 90.9 Å². The molecule has 2 atom stereocenters.